The van der Waals surface area contributed by atoms with Crippen molar-refractivity contribution in [2.75, 3.05) is 19.6 Å². The number of piperazine rings is 1. The quantitative estimate of drug-likeness (QED) is 0.822. The van der Waals surface area contributed by atoms with E-state index in [-0.39, 0.29) is 0 Å². The van der Waals surface area contributed by atoms with Crippen molar-refractivity contribution >= 4 is 0 Å². The molecule has 3 aliphatic rings. The van der Waals surface area contributed by atoms with Gasteiger partial charge in [-0.3, -0.25) is 4.90 Å². The summed E-state index contributed by atoms with van der Waals surface area (Å²) >= 11 is 0. The lowest BCUT2D eigenvalue weighted by molar-refractivity contribution is -0.0139. The minimum Gasteiger partial charge on any atom is -0.308 e. The summed E-state index contributed by atoms with van der Waals surface area (Å²) in [5, 5.41) is 3.89. The standard InChI is InChI=1S/C19H36N2/c1-5-18(4)14-21(19(6-2,7-3)13-20-18)12-17-11-15-8-9-16(17)10-15/h15-17,20H,5-14H2,1-4H3. The van der Waals surface area contributed by atoms with Crippen molar-refractivity contribution in [3.63, 3.8) is 0 Å². The van der Waals surface area contributed by atoms with Crippen LogP contribution in [0.3, 0.4) is 0 Å². The first-order valence-electron chi connectivity index (χ1n) is 9.54. The zero-order valence-corrected chi connectivity index (χ0v) is 14.8. The van der Waals surface area contributed by atoms with Crippen LogP contribution in [0.4, 0.5) is 0 Å². The molecule has 0 aromatic heterocycles. The van der Waals surface area contributed by atoms with Crippen molar-refractivity contribution in [1.29, 1.82) is 0 Å². The molecule has 3 fully saturated rings. The molecular weight excluding hydrogens is 256 g/mol. The molecular formula is C19H36N2. The van der Waals surface area contributed by atoms with Crippen LogP contribution in [0.5, 0.6) is 0 Å². The minimum atomic E-state index is 0.325. The van der Waals surface area contributed by atoms with E-state index < -0.39 is 0 Å². The fraction of sp³-hybridized carbons (Fsp3) is 1.00. The Morgan fingerprint density at radius 3 is 2.33 bits per heavy atom. The van der Waals surface area contributed by atoms with Crippen LogP contribution < -0.4 is 5.32 Å². The van der Waals surface area contributed by atoms with E-state index in [4.69, 9.17) is 0 Å². The number of rotatable bonds is 5. The predicted molar refractivity (Wildman–Crippen MR) is 90.5 cm³/mol. The summed E-state index contributed by atoms with van der Waals surface area (Å²) in [6.45, 7) is 13.4. The molecule has 2 saturated carbocycles. The minimum absolute atomic E-state index is 0.325. The fourth-order valence-corrected chi connectivity index (χ4v) is 5.46. The lowest BCUT2D eigenvalue weighted by Crippen LogP contribution is -2.69. The van der Waals surface area contributed by atoms with Gasteiger partial charge in [0.1, 0.15) is 0 Å². The first-order valence-corrected chi connectivity index (χ1v) is 9.54. The Labute approximate surface area is 132 Å². The summed E-state index contributed by atoms with van der Waals surface area (Å²) in [6, 6.07) is 0. The van der Waals surface area contributed by atoms with E-state index in [9.17, 15) is 0 Å². The van der Waals surface area contributed by atoms with Gasteiger partial charge in [-0.25, -0.2) is 0 Å². The van der Waals surface area contributed by atoms with Gasteiger partial charge in [0.25, 0.3) is 0 Å². The van der Waals surface area contributed by atoms with E-state index in [2.05, 4.69) is 37.9 Å². The van der Waals surface area contributed by atoms with Crippen LogP contribution in [0, 0.1) is 17.8 Å². The third-order valence-corrected chi connectivity index (χ3v) is 7.49. The summed E-state index contributed by atoms with van der Waals surface area (Å²) in [5.41, 5.74) is 0.738. The molecule has 2 nitrogen and oxygen atoms in total. The molecule has 0 aromatic carbocycles. The van der Waals surface area contributed by atoms with Crippen LogP contribution in [0.25, 0.3) is 0 Å². The average Bonchev–Trinajstić information content (AvgIpc) is 3.11. The van der Waals surface area contributed by atoms with Crippen LogP contribution in [-0.4, -0.2) is 35.6 Å². The number of nitrogens with one attached hydrogen (secondary N) is 1. The van der Waals surface area contributed by atoms with Gasteiger partial charge in [-0.2, -0.15) is 0 Å². The maximum absolute atomic E-state index is 3.89. The van der Waals surface area contributed by atoms with Gasteiger partial charge >= 0.3 is 0 Å². The molecule has 1 saturated heterocycles. The SMILES string of the molecule is CCC1(C)CN(CC2CC3CCC2C3)C(CC)(CC)CN1. The largest absolute Gasteiger partial charge is 0.308 e. The Morgan fingerprint density at radius 2 is 1.81 bits per heavy atom. The Bertz CT molecular complexity index is 363. The highest BCUT2D eigenvalue weighted by molar-refractivity contribution is 5.04. The normalized spacial score (nSPS) is 42.6. The lowest BCUT2D eigenvalue weighted by Gasteiger charge is -2.54. The van der Waals surface area contributed by atoms with Crippen molar-refractivity contribution in [3.8, 4) is 0 Å². The highest BCUT2D eigenvalue weighted by Crippen LogP contribution is 2.49. The zero-order valence-electron chi connectivity index (χ0n) is 14.8. The summed E-state index contributed by atoms with van der Waals surface area (Å²) in [5.74, 6) is 3.14. The molecule has 1 N–H and O–H groups in total. The number of nitrogens with zero attached hydrogens (tertiary/aromatic N) is 1. The van der Waals surface area contributed by atoms with Crippen LogP contribution >= 0.6 is 0 Å². The molecule has 21 heavy (non-hydrogen) atoms. The molecule has 0 amide bonds. The molecule has 4 unspecified atom stereocenters. The molecule has 122 valence electrons. The fourth-order valence-electron chi connectivity index (χ4n) is 5.46. The van der Waals surface area contributed by atoms with Crippen molar-refractivity contribution in [3.05, 3.63) is 0 Å². The smallest absolute Gasteiger partial charge is 0.0329 e. The number of fused-ring (bicyclic) bond motifs is 2. The monoisotopic (exact) mass is 292 g/mol. The summed E-state index contributed by atoms with van der Waals surface area (Å²) < 4.78 is 0. The van der Waals surface area contributed by atoms with E-state index in [0.717, 1.165) is 17.8 Å². The van der Waals surface area contributed by atoms with E-state index in [0.29, 0.717) is 11.1 Å². The van der Waals surface area contributed by atoms with Crippen LogP contribution in [0.2, 0.25) is 0 Å². The second kappa shape index (κ2) is 5.85. The summed E-state index contributed by atoms with van der Waals surface area (Å²) in [6.07, 6.45) is 9.95. The molecule has 2 heteroatoms. The van der Waals surface area contributed by atoms with E-state index >= 15 is 0 Å². The van der Waals surface area contributed by atoms with Crippen LogP contribution in [0.1, 0.15) is 72.6 Å². The van der Waals surface area contributed by atoms with Crippen molar-refractivity contribution < 1.29 is 0 Å². The highest BCUT2D eigenvalue weighted by Gasteiger charge is 2.46. The van der Waals surface area contributed by atoms with Crippen molar-refractivity contribution in [1.82, 2.24) is 10.2 Å². The highest BCUT2D eigenvalue weighted by atomic mass is 15.3. The number of hydrogen-bond acceptors (Lipinski definition) is 2. The van der Waals surface area contributed by atoms with Gasteiger partial charge in [-0.1, -0.05) is 27.2 Å². The van der Waals surface area contributed by atoms with Crippen molar-refractivity contribution in [2.24, 2.45) is 17.8 Å². The molecule has 0 radical (unpaired) electrons. The Hall–Kier alpha value is -0.0800. The molecule has 2 bridgehead atoms. The first kappa shape index (κ1) is 15.8. The molecule has 3 rings (SSSR count). The second-order valence-electron chi connectivity index (χ2n) is 8.51. The third-order valence-electron chi connectivity index (χ3n) is 7.49. The van der Waals surface area contributed by atoms with Gasteiger partial charge in [-0.05, 0) is 63.2 Å². The maximum Gasteiger partial charge on any atom is 0.0329 e. The molecule has 1 aliphatic heterocycles. The Balaban J connectivity index is 1.73. The van der Waals surface area contributed by atoms with E-state index in [1.54, 1.807) is 6.42 Å². The van der Waals surface area contributed by atoms with E-state index in [1.807, 2.05) is 0 Å². The van der Waals surface area contributed by atoms with E-state index in [1.165, 1.54) is 58.2 Å². The predicted octanol–water partition coefficient (Wildman–Crippen LogP) is 4.06. The van der Waals surface area contributed by atoms with Gasteiger partial charge in [0.15, 0.2) is 0 Å². The van der Waals surface area contributed by atoms with Crippen LogP contribution in [-0.2, 0) is 0 Å². The van der Waals surface area contributed by atoms with Gasteiger partial charge < -0.3 is 5.32 Å². The lowest BCUT2D eigenvalue weighted by atomic mass is 9.80. The Morgan fingerprint density at radius 1 is 1.05 bits per heavy atom. The van der Waals surface area contributed by atoms with Crippen LogP contribution in [0.15, 0.2) is 0 Å². The molecule has 1 heterocycles. The number of hydrogen-bond donors (Lipinski definition) is 1. The van der Waals surface area contributed by atoms with Gasteiger partial charge in [0.05, 0.1) is 0 Å². The molecule has 0 spiro atoms. The summed E-state index contributed by atoms with van der Waals surface area (Å²) in [7, 11) is 0. The van der Waals surface area contributed by atoms with Gasteiger partial charge in [0.2, 0.25) is 0 Å². The third kappa shape index (κ3) is 2.79. The zero-order chi connectivity index (χ0) is 15.1. The Kier molecular flexibility index (Phi) is 4.40. The molecule has 0 aromatic rings. The maximum atomic E-state index is 3.89. The second-order valence-corrected chi connectivity index (χ2v) is 8.51. The molecule has 2 aliphatic carbocycles. The molecule has 4 atom stereocenters. The van der Waals surface area contributed by atoms with Crippen molar-refractivity contribution in [2.45, 2.75) is 83.7 Å². The van der Waals surface area contributed by atoms with Gasteiger partial charge in [-0.15, -0.1) is 0 Å². The topological polar surface area (TPSA) is 15.3 Å². The van der Waals surface area contributed by atoms with Gasteiger partial charge in [0, 0.05) is 30.7 Å². The summed E-state index contributed by atoms with van der Waals surface area (Å²) in [4.78, 5) is 2.92. The average molecular weight is 293 g/mol. The first-order chi connectivity index (χ1) is 10.0.